The molecule has 0 saturated carbocycles. The third kappa shape index (κ3) is 7.70. The van der Waals surface area contributed by atoms with E-state index >= 15 is 0 Å². The lowest BCUT2D eigenvalue weighted by atomic mass is 10.1. The Balaban J connectivity index is 1.23. The molecule has 9 heteroatoms. The normalized spacial score (nSPS) is 14.2. The second-order valence-electron chi connectivity index (χ2n) is 10.1. The number of anilines is 2. The van der Waals surface area contributed by atoms with Crippen molar-refractivity contribution in [2.45, 2.75) is 39.2 Å². The number of methoxy groups -OCH3 is 1. The molecule has 0 spiro atoms. The van der Waals surface area contributed by atoms with Crippen LogP contribution in [0.3, 0.4) is 0 Å². The Morgan fingerprint density at radius 3 is 2.51 bits per heavy atom. The predicted octanol–water partition coefficient (Wildman–Crippen LogP) is 6.72. The van der Waals surface area contributed by atoms with Crippen LogP contribution in [-0.4, -0.2) is 53.9 Å². The Morgan fingerprint density at radius 1 is 0.976 bits per heavy atom. The zero-order valence-corrected chi connectivity index (χ0v) is 23.6. The van der Waals surface area contributed by atoms with Gasteiger partial charge in [-0.25, -0.2) is 14.4 Å². The summed E-state index contributed by atoms with van der Waals surface area (Å²) >= 11 is 0. The third-order valence-corrected chi connectivity index (χ3v) is 7.16. The van der Waals surface area contributed by atoms with E-state index in [1.54, 1.807) is 19.2 Å². The molecule has 0 radical (unpaired) electrons. The molecule has 5 rings (SSSR count). The van der Waals surface area contributed by atoms with Gasteiger partial charge >= 0.3 is 0 Å². The number of likely N-dealkylation sites (tertiary alicyclic amines) is 1. The number of ether oxygens (including phenoxy) is 2. The predicted molar refractivity (Wildman–Crippen MR) is 160 cm³/mol. The second-order valence-corrected chi connectivity index (χ2v) is 10.1. The van der Waals surface area contributed by atoms with E-state index in [0.717, 1.165) is 46.4 Å². The first kappa shape index (κ1) is 28.3. The van der Waals surface area contributed by atoms with Gasteiger partial charge in [0.1, 0.15) is 24.6 Å². The molecule has 1 saturated heterocycles. The van der Waals surface area contributed by atoms with Crippen molar-refractivity contribution in [3.05, 3.63) is 83.9 Å². The molecule has 0 unspecified atom stereocenters. The van der Waals surface area contributed by atoms with Crippen LogP contribution in [-0.2, 0) is 11.4 Å². The summed E-state index contributed by atoms with van der Waals surface area (Å²) in [6.45, 7) is 6.19. The van der Waals surface area contributed by atoms with E-state index in [9.17, 15) is 4.39 Å². The molecule has 0 amide bonds. The standard InChI is InChI=1S/C32H36FN5O3/c1-23(37-41-21-24-7-11-26(33)12-8-24)25-9-13-27(14-10-25)36-32-28-19-31(30(39-2)20-29(28)34-22-35-32)40-18-6-17-38-15-4-3-5-16-38/h7-14,19-20,22H,3-6,15-18,21H2,1-2H3,(H,34,35,36)/b37-23+. The molecule has 0 bridgehead atoms. The highest BCUT2D eigenvalue weighted by Crippen LogP contribution is 2.35. The number of oxime groups is 1. The molecule has 3 aromatic carbocycles. The minimum absolute atomic E-state index is 0.271. The number of benzene rings is 3. The first-order chi connectivity index (χ1) is 20.1. The SMILES string of the molecule is COc1cc2ncnc(Nc3ccc(/C(C)=N/OCc4ccc(F)cc4)cc3)c2cc1OCCCN1CCCCC1. The highest BCUT2D eigenvalue weighted by Gasteiger charge is 2.13. The largest absolute Gasteiger partial charge is 0.493 e. The van der Waals surface area contributed by atoms with Crippen LogP contribution in [0.2, 0.25) is 0 Å². The van der Waals surface area contributed by atoms with Gasteiger partial charge in [0, 0.05) is 23.7 Å². The number of nitrogens with one attached hydrogen (secondary N) is 1. The quantitative estimate of drug-likeness (QED) is 0.118. The van der Waals surface area contributed by atoms with Crippen LogP contribution in [0.1, 0.15) is 43.7 Å². The van der Waals surface area contributed by atoms with Gasteiger partial charge in [0.05, 0.1) is 24.9 Å². The van der Waals surface area contributed by atoms with Gasteiger partial charge in [-0.15, -0.1) is 0 Å². The van der Waals surface area contributed by atoms with Crippen molar-refractivity contribution in [1.29, 1.82) is 0 Å². The van der Waals surface area contributed by atoms with Crippen molar-refractivity contribution < 1.29 is 18.7 Å². The van der Waals surface area contributed by atoms with Crippen molar-refractivity contribution in [1.82, 2.24) is 14.9 Å². The Bertz CT molecular complexity index is 1460. The first-order valence-corrected chi connectivity index (χ1v) is 14.1. The van der Waals surface area contributed by atoms with E-state index in [2.05, 4.69) is 25.3 Å². The minimum Gasteiger partial charge on any atom is -0.493 e. The number of nitrogens with zero attached hydrogens (tertiary/aromatic N) is 4. The van der Waals surface area contributed by atoms with E-state index in [1.807, 2.05) is 43.3 Å². The molecule has 1 aliphatic heterocycles. The Morgan fingerprint density at radius 2 is 1.76 bits per heavy atom. The van der Waals surface area contributed by atoms with Crippen LogP contribution < -0.4 is 14.8 Å². The summed E-state index contributed by atoms with van der Waals surface area (Å²) in [5, 5.41) is 8.45. The van der Waals surface area contributed by atoms with Crippen LogP contribution in [0, 0.1) is 5.82 Å². The van der Waals surface area contributed by atoms with Crippen LogP contribution >= 0.6 is 0 Å². The van der Waals surface area contributed by atoms with Gasteiger partial charge < -0.3 is 24.5 Å². The summed E-state index contributed by atoms with van der Waals surface area (Å²) in [6, 6.07) is 17.9. The highest BCUT2D eigenvalue weighted by atomic mass is 19.1. The van der Waals surface area contributed by atoms with E-state index in [0.29, 0.717) is 23.9 Å². The molecule has 41 heavy (non-hydrogen) atoms. The van der Waals surface area contributed by atoms with Gasteiger partial charge in [0.25, 0.3) is 0 Å². The van der Waals surface area contributed by atoms with Crippen LogP contribution in [0.4, 0.5) is 15.9 Å². The Kier molecular flexibility index (Phi) is 9.59. The summed E-state index contributed by atoms with van der Waals surface area (Å²) in [5.41, 5.74) is 4.14. The average Bonchev–Trinajstić information content (AvgIpc) is 3.01. The van der Waals surface area contributed by atoms with Crippen LogP contribution in [0.25, 0.3) is 10.9 Å². The van der Waals surface area contributed by atoms with E-state index in [-0.39, 0.29) is 12.4 Å². The van der Waals surface area contributed by atoms with Crippen molar-refractivity contribution in [3.8, 4) is 11.5 Å². The number of aromatic nitrogens is 2. The lowest BCUT2D eigenvalue weighted by Gasteiger charge is -2.26. The highest BCUT2D eigenvalue weighted by molar-refractivity contribution is 5.99. The summed E-state index contributed by atoms with van der Waals surface area (Å²) < 4.78 is 24.8. The second kappa shape index (κ2) is 13.9. The Hall–Kier alpha value is -4.24. The third-order valence-electron chi connectivity index (χ3n) is 7.16. The number of piperidine rings is 1. The lowest BCUT2D eigenvalue weighted by Crippen LogP contribution is -2.31. The average molecular weight is 558 g/mol. The number of halogens is 1. The maximum Gasteiger partial charge on any atom is 0.162 e. The molecular formula is C32H36FN5O3. The van der Waals surface area contributed by atoms with Crippen molar-refractivity contribution in [2.75, 3.05) is 38.7 Å². The molecule has 2 heterocycles. The Labute approximate surface area is 240 Å². The molecule has 4 aromatic rings. The number of rotatable bonds is 12. The number of hydrogen-bond acceptors (Lipinski definition) is 8. The molecule has 214 valence electrons. The summed E-state index contributed by atoms with van der Waals surface area (Å²) in [5.74, 6) is 1.74. The van der Waals surface area contributed by atoms with Gasteiger partial charge in [-0.2, -0.15) is 0 Å². The monoisotopic (exact) mass is 557 g/mol. The van der Waals surface area contributed by atoms with E-state index in [1.165, 1.54) is 50.8 Å². The van der Waals surface area contributed by atoms with Gasteiger partial charge in [-0.05, 0) is 80.7 Å². The smallest absolute Gasteiger partial charge is 0.162 e. The van der Waals surface area contributed by atoms with Gasteiger partial charge in [0.2, 0.25) is 0 Å². The van der Waals surface area contributed by atoms with Gasteiger partial charge in [-0.1, -0.05) is 35.8 Å². The molecule has 8 nitrogen and oxygen atoms in total. The zero-order chi connectivity index (χ0) is 28.4. The minimum atomic E-state index is -0.274. The molecule has 1 aliphatic rings. The topological polar surface area (TPSA) is 81.1 Å². The lowest BCUT2D eigenvalue weighted by molar-refractivity contribution is 0.130. The summed E-state index contributed by atoms with van der Waals surface area (Å²) in [6.07, 6.45) is 6.42. The maximum absolute atomic E-state index is 13.1. The molecule has 0 atom stereocenters. The van der Waals surface area contributed by atoms with Crippen molar-refractivity contribution in [2.24, 2.45) is 5.16 Å². The molecule has 1 aromatic heterocycles. The first-order valence-electron chi connectivity index (χ1n) is 14.1. The fourth-order valence-electron chi connectivity index (χ4n) is 4.86. The van der Waals surface area contributed by atoms with E-state index in [4.69, 9.17) is 14.3 Å². The van der Waals surface area contributed by atoms with Crippen LogP contribution in [0.5, 0.6) is 11.5 Å². The van der Waals surface area contributed by atoms with Gasteiger partial charge in [0.15, 0.2) is 11.5 Å². The molecule has 1 fully saturated rings. The fourth-order valence-corrected chi connectivity index (χ4v) is 4.86. The summed E-state index contributed by atoms with van der Waals surface area (Å²) in [4.78, 5) is 16.9. The van der Waals surface area contributed by atoms with E-state index < -0.39 is 0 Å². The number of fused-ring (bicyclic) bond motifs is 1. The number of hydrogen-bond donors (Lipinski definition) is 1. The molecular weight excluding hydrogens is 521 g/mol. The maximum atomic E-state index is 13.1. The van der Waals surface area contributed by atoms with Crippen molar-refractivity contribution in [3.63, 3.8) is 0 Å². The van der Waals surface area contributed by atoms with Crippen molar-refractivity contribution >= 4 is 28.1 Å². The summed E-state index contributed by atoms with van der Waals surface area (Å²) in [7, 11) is 1.64. The molecule has 0 aliphatic carbocycles. The van der Waals surface area contributed by atoms with Crippen LogP contribution in [0.15, 0.2) is 72.1 Å². The fraction of sp³-hybridized carbons (Fsp3) is 0.344. The van der Waals surface area contributed by atoms with Gasteiger partial charge in [-0.3, -0.25) is 0 Å². The molecule has 1 N–H and O–H groups in total. The zero-order valence-electron chi connectivity index (χ0n) is 23.6.